The molecule has 1 aromatic rings. The summed E-state index contributed by atoms with van der Waals surface area (Å²) < 4.78 is 11.3. The van der Waals surface area contributed by atoms with Crippen LogP contribution in [0, 0.1) is 5.41 Å². The maximum Gasteiger partial charge on any atom is 0.193 e. The van der Waals surface area contributed by atoms with E-state index in [2.05, 4.69) is 34.3 Å². The van der Waals surface area contributed by atoms with Gasteiger partial charge in [0.05, 0.1) is 13.2 Å². The van der Waals surface area contributed by atoms with Crippen LogP contribution in [0.4, 0.5) is 0 Å². The SMILES string of the molecule is CCCOc1cccc(CNC(=NC)N2CCC3(CCOC3)C2)c1. The quantitative estimate of drug-likeness (QED) is 0.666. The maximum atomic E-state index is 5.71. The van der Waals surface area contributed by atoms with Crippen molar-refractivity contribution in [3.8, 4) is 5.75 Å². The summed E-state index contributed by atoms with van der Waals surface area (Å²) in [5, 5.41) is 3.50. The molecule has 3 rings (SSSR count). The average Bonchev–Trinajstić information content (AvgIpc) is 3.24. The van der Waals surface area contributed by atoms with Gasteiger partial charge in [-0.05, 0) is 37.0 Å². The molecule has 2 aliphatic rings. The minimum Gasteiger partial charge on any atom is -0.494 e. The van der Waals surface area contributed by atoms with Gasteiger partial charge in [-0.15, -0.1) is 0 Å². The van der Waals surface area contributed by atoms with E-state index in [1.165, 1.54) is 18.4 Å². The maximum absolute atomic E-state index is 5.71. The van der Waals surface area contributed by atoms with Crippen molar-refractivity contribution in [2.24, 2.45) is 10.4 Å². The zero-order valence-corrected chi connectivity index (χ0v) is 14.9. The average molecular weight is 331 g/mol. The number of ether oxygens (including phenoxy) is 2. The fourth-order valence-corrected chi connectivity index (χ4v) is 3.57. The topological polar surface area (TPSA) is 46.1 Å². The molecule has 132 valence electrons. The smallest absolute Gasteiger partial charge is 0.193 e. The van der Waals surface area contributed by atoms with Gasteiger partial charge in [0.25, 0.3) is 0 Å². The standard InChI is InChI=1S/C19H29N3O2/c1-3-10-24-17-6-4-5-16(12-17)13-21-18(20-2)22-9-7-19(14-22)8-11-23-15-19/h4-6,12H,3,7-11,13-15H2,1-2H3,(H,20,21). The first-order valence-corrected chi connectivity index (χ1v) is 9.00. The van der Waals surface area contributed by atoms with Crippen LogP contribution in [0.25, 0.3) is 0 Å². The van der Waals surface area contributed by atoms with Gasteiger partial charge in [-0.2, -0.15) is 0 Å². The molecule has 2 saturated heterocycles. The van der Waals surface area contributed by atoms with Crippen molar-refractivity contribution >= 4 is 5.96 Å². The van der Waals surface area contributed by atoms with Gasteiger partial charge in [0.2, 0.25) is 0 Å². The fourth-order valence-electron chi connectivity index (χ4n) is 3.57. The van der Waals surface area contributed by atoms with Gasteiger partial charge in [-0.3, -0.25) is 4.99 Å². The van der Waals surface area contributed by atoms with Crippen molar-refractivity contribution in [2.45, 2.75) is 32.7 Å². The van der Waals surface area contributed by atoms with Gasteiger partial charge in [-0.1, -0.05) is 19.1 Å². The molecule has 1 unspecified atom stereocenters. The first-order valence-electron chi connectivity index (χ1n) is 9.00. The zero-order valence-electron chi connectivity index (χ0n) is 14.9. The summed E-state index contributed by atoms with van der Waals surface area (Å²) in [5.41, 5.74) is 1.56. The van der Waals surface area contributed by atoms with E-state index in [4.69, 9.17) is 9.47 Å². The lowest BCUT2D eigenvalue weighted by molar-refractivity contribution is 0.156. The summed E-state index contributed by atoms with van der Waals surface area (Å²) in [6.07, 6.45) is 3.40. The second-order valence-corrected chi connectivity index (χ2v) is 6.87. The summed E-state index contributed by atoms with van der Waals surface area (Å²) in [4.78, 5) is 6.84. The second kappa shape index (κ2) is 7.88. The molecule has 0 radical (unpaired) electrons. The van der Waals surface area contributed by atoms with Crippen LogP contribution < -0.4 is 10.1 Å². The van der Waals surface area contributed by atoms with E-state index < -0.39 is 0 Å². The van der Waals surface area contributed by atoms with Crippen molar-refractivity contribution in [2.75, 3.05) is 40.0 Å². The predicted molar refractivity (Wildman–Crippen MR) is 96.5 cm³/mol. The van der Waals surface area contributed by atoms with Crippen molar-refractivity contribution < 1.29 is 9.47 Å². The summed E-state index contributed by atoms with van der Waals surface area (Å²) in [6.45, 7) is 7.55. The van der Waals surface area contributed by atoms with Crippen LogP contribution in [0.5, 0.6) is 5.75 Å². The Labute approximate surface area is 145 Å². The third-order valence-electron chi connectivity index (χ3n) is 4.96. The molecule has 2 fully saturated rings. The van der Waals surface area contributed by atoms with Crippen LogP contribution >= 0.6 is 0 Å². The molecule has 24 heavy (non-hydrogen) atoms. The summed E-state index contributed by atoms with van der Waals surface area (Å²) in [7, 11) is 1.86. The molecule has 1 atom stereocenters. The van der Waals surface area contributed by atoms with Crippen LogP contribution in [0.1, 0.15) is 31.7 Å². The van der Waals surface area contributed by atoms with E-state index in [0.29, 0.717) is 5.41 Å². The van der Waals surface area contributed by atoms with Gasteiger partial charge in [-0.25, -0.2) is 0 Å². The number of nitrogens with one attached hydrogen (secondary N) is 1. The Morgan fingerprint density at radius 2 is 2.33 bits per heavy atom. The Morgan fingerprint density at radius 1 is 1.42 bits per heavy atom. The molecule has 0 aromatic heterocycles. The van der Waals surface area contributed by atoms with Crippen molar-refractivity contribution in [3.63, 3.8) is 0 Å². The van der Waals surface area contributed by atoms with Gasteiger partial charge in [0, 0.05) is 38.7 Å². The van der Waals surface area contributed by atoms with Crippen molar-refractivity contribution in [1.82, 2.24) is 10.2 Å². The third-order valence-corrected chi connectivity index (χ3v) is 4.96. The van der Waals surface area contributed by atoms with Gasteiger partial charge < -0.3 is 19.7 Å². The molecule has 5 heteroatoms. The highest BCUT2D eigenvalue weighted by Gasteiger charge is 2.42. The van der Waals surface area contributed by atoms with Gasteiger partial charge >= 0.3 is 0 Å². The van der Waals surface area contributed by atoms with E-state index in [0.717, 1.165) is 57.6 Å². The zero-order chi connectivity index (χ0) is 16.8. The summed E-state index contributed by atoms with van der Waals surface area (Å²) in [5.74, 6) is 1.92. The summed E-state index contributed by atoms with van der Waals surface area (Å²) >= 11 is 0. The van der Waals surface area contributed by atoms with E-state index in [1.807, 2.05) is 19.2 Å². The molecule has 2 heterocycles. The molecule has 5 nitrogen and oxygen atoms in total. The predicted octanol–water partition coefficient (Wildman–Crippen LogP) is 2.66. The Morgan fingerprint density at radius 3 is 3.08 bits per heavy atom. The molecule has 2 aliphatic heterocycles. The molecule has 1 aromatic carbocycles. The molecule has 0 amide bonds. The first kappa shape index (κ1) is 17.1. The van der Waals surface area contributed by atoms with Crippen LogP contribution in [-0.2, 0) is 11.3 Å². The number of guanidine groups is 1. The lowest BCUT2D eigenvalue weighted by Crippen LogP contribution is -2.41. The largest absolute Gasteiger partial charge is 0.494 e. The van der Waals surface area contributed by atoms with E-state index in [1.54, 1.807) is 0 Å². The van der Waals surface area contributed by atoms with E-state index in [9.17, 15) is 0 Å². The minimum atomic E-state index is 0.353. The lowest BCUT2D eigenvalue weighted by atomic mass is 9.87. The lowest BCUT2D eigenvalue weighted by Gasteiger charge is -2.25. The number of likely N-dealkylation sites (tertiary alicyclic amines) is 1. The van der Waals surface area contributed by atoms with Gasteiger partial charge in [0.1, 0.15) is 5.75 Å². The van der Waals surface area contributed by atoms with E-state index in [-0.39, 0.29) is 0 Å². The molecular formula is C19H29N3O2. The summed E-state index contributed by atoms with van der Waals surface area (Å²) in [6, 6.07) is 8.28. The number of nitrogens with zero attached hydrogens (tertiary/aromatic N) is 2. The number of aliphatic imine (C=N–C) groups is 1. The Kier molecular flexibility index (Phi) is 5.61. The number of rotatable bonds is 5. The highest BCUT2D eigenvalue weighted by molar-refractivity contribution is 5.80. The highest BCUT2D eigenvalue weighted by atomic mass is 16.5. The van der Waals surface area contributed by atoms with Crippen molar-refractivity contribution in [1.29, 1.82) is 0 Å². The molecule has 0 aliphatic carbocycles. The Balaban J connectivity index is 1.55. The van der Waals surface area contributed by atoms with Gasteiger partial charge in [0.15, 0.2) is 5.96 Å². The Bertz CT molecular complexity index is 567. The molecule has 0 bridgehead atoms. The fraction of sp³-hybridized carbons (Fsp3) is 0.632. The molecule has 0 saturated carbocycles. The van der Waals surface area contributed by atoms with Crippen LogP contribution in [0.3, 0.4) is 0 Å². The monoisotopic (exact) mass is 331 g/mol. The number of hydrogen-bond donors (Lipinski definition) is 1. The Hall–Kier alpha value is -1.75. The highest BCUT2D eigenvalue weighted by Crippen LogP contribution is 2.38. The van der Waals surface area contributed by atoms with Crippen LogP contribution in [-0.4, -0.2) is 50.8 Å². The number of benzene rings is 1. The van der Waals surface area contributed by atoms with Crippen molar-refractivity contribution in [3.05, 3.63) is 29.8 Å². The number of hydrogen-bond acceptors (Lipinski definition) is 3. The van der Waals surface area contributed by atoms with Crippen LogP contribution in [0.2, 0.25) is 0 Å². The molecular weight excluding hydrogens is 302 g/mol. The van der Waals surface area contributed by atoms with Crippen LogP contribution in [0.15, 0.2) is 29.3 Å². The third kappa shape index (κ3) is 4.01. The van der Waals surface area contributed by atoms with E-state index >= 15 is 0 Å². The first-order chi connectivity index (χ1) is 11.7. The normalized spacial score (nSPS) is 23.9. The minimum absolute atomic E-state index is 0.353. The second-order valence-electron chi connectivity index (χ2n) is 6.87. The molecule has 1 spiro atoms. The molecule has 1 N–H and O–H groups in total.